The van der Waals surface area contributed by atoms with Crippen molar-refractivity contribution in [1.82, 2.24) is 4.90 Å². The maximum Gasteiger partial charge on any atom is 0.261 e. The molecule has 1 N–H and O–H groups in total. The monoisotopic (exact) mass is 244 g/mol. The molecule has 0 fully saturated rings. The lowest BCUT2D eigenvalue weighted by Gasteiger charge is -2.12. The van der Waals surface area contributed by atoms with Crippen LogP contribution in [0.15, 0.2) is 24.3 Å². The van der Waals surface area contributed by atoms with Crippen LogP contribution in [-0.4, -0.2) is 35.3 Å². The normalized spacial score (nSPS) is 13.7. The zero-order chi connectivity index (χ0) is 13.1. The molecule has 0 spiro atoms. The van der Waals surface area contributed by atoms with Crippen LogP contribution in [0, 0.1) is 5.41 Å². The van der Waals surface area contributed by atoms with Gasteiger partial charge in [0.2, 0.25) is 0 Å². The maximum absolute atomic E-state index is 11.9. The Morgan fingerprint density at radius 3 is 2.22 bits per heavy atom. The second-order valence-electron chi connectivity index (χ2n) is 4.02. The molecule has 2 amide bonds. The van der Waals surface area contributed by atoms with Gasteiger partial charge in [-0.05, 0) is 18.6 Å². The van der Waals surface area contributed by atoms with Crippen molar-refractivity contribution in [3.05, 3.63) is 35.4 Å². The predicted octanol–water partition coefficient (Wildman–Crippen LogP) is 1.28. The van der Waals surface area contributed by atoms with Gasteiger partial charge in [0, 0.05) is 13.0 Å². The zero-order valence-electron chi connectivity index (χ0n) is 9.68. The Kier molecular flexibility index (Phi) is 3.32. The van der Waals surface area contributed by atoms with E-state index < -0.39 is 0 Å². The van der Waals surface area contributed by atoms with E-state index in [0.717, 1.165) is 11.1 Å². The van der Waals surface area contributed by atoms with Crippen LogP contribution < -0.4 is 0 Å². The minimum absolute atomic E-state index is 0.177. The lowest BCUT2D eigenvalue weighted by Crippen LogP contribution is -2.31. The molecular formula is C13H12N2O3. The Balaban J connectivity index is 2.05. The average molecular weight is 244 g/mol. The van der Waals surface area contributed by atoms with E-state index >= 15 is 0 Å². The number of nitrogens with one attached hydrogen (secondary N) is 1. The summed E-state index contributed by atoms with van der Waals surface area (Å²) in [7, 11) is 0. The van der Waals surface area contributed by atoms with Crippen molar-refractivity contribution in [1.29, 1.82) is 5.41 Å². The number of hydrogen-bond donors (Lipinski definition) is 1. The summed E-state index contributed by atoms with van der Waals surface area (Å²) in [5.41, 5.74) is 0.835. The molecule has 0 saturated carbocycles. The van der Waals surface area contributed by atoms with Crippen LogP contribution in [0.5, 0.6) is 0 Å². The Bertz CT molecular complexity index is 502. The molecule has 1 aliphatic heterocycles. The molecule has 1 aromatic rings. The Hall–Kier alpha value is -2.30. The van der Waals surface area contributed by atoms with Crippen LogP contribution in [0.25, 0.3) is 0 Å². The molecule has 0 atom stereocenters. The van der Waals surface area contributed by atoms with Crippen LogP contribution in [0.3, 0.4) is 0 Å². The third-order valence-corrected chi connectivity index (χ3v) is 2.84. The molecule has 0 aromatic heterocycles. The number of benzene rings is 1. The number of amides is 2. The topological polar surface area (TPSA) is 78.3 Å². The molecule has 5 nitrogen and oxygen atoms in total. The molecule has 0 radical (unpaired) electrons. The highest BCUT2D eigenvalue weighted by Gasteiger charge is 2.34. The van der Waals surface area contributed by atoms with Gasteiger partial charge in [0.05, 0.1) is 17.3 Å². The van der Waals surface area contributed by atoms with Gasteiger partial charge in [-0.1, -0.05) is 12.1 Å². The van der Waals surface area contributed by atoms with Gasteiger partial charge < -0.3 is 5.41 Å². The number of Topliss-reactive ketones (excluding diaryl/α,β-unsaturated/α-hetero) is 1. The maximum atomic E-state index is 11.9. The first-order valence-electron chi connectivity index (χ1n) is 5.63. The molecule has 0 saturated heterocycles. The fourth-order valence-corrected chi connectivity index (χ4v) is 1.93. The van der Waals surface area contributed by atoms with Crippen LogP contribution in [0.2, 0.25) is 0 Å². The van der Waals surface area contributed by atoms with E-state index in [1.54, 1.807) is 24.3 Å². The summed E-state index contributed by atoms with van der Waals surface area (Å²) in [5.74, 6) is -0.914. The van der Waals surface area contributed by atoms with Gasteiger partial charge in [0.1, 0.15) is 0 Å². The van der Waals surface area contributed by atoms with E-state index in [1.807, 2.05) is 0 Å². The summed E-state index contributed by atoms with van der Waals surface area (Å²) in [6.07, 6.45) is 1.32. The average Bonchev–Trinajstić information content (AvgIpc) is 2.64. The van der Waals surface area contributed by atoms with Crippen LogP contribution in [0.4, 0.5) is 0 Å². The third kappa shape index (κ3) is 2.07. The number of rotatable bonds is 5. The molecule has 5 heteroatoms. The summed E-state index contributed by atoms with van der Waals surface area (Å²) in [5, 5.41) is 6.76. The number of imide groups is 1. The molecule has 0 aliphatic carbocycles. The van der Waals surface area contributed by atoms with E-state index in [9.17, 15) is 14.4 Å². The first-order chi connectivity index (χ1) is 8.65. The molecule has 18 heavy (non-hydrogen) atoms. The summed E-state index contributed by atoms with van der Waals surface area (Å²) < 4.78 is 0. The molecule has 0 bridgehead atoms. The van der Waals surface area contributed by atoms with Crippen molar-refractivity contribution < 1.29 is 14.4 Å². The van der Waals surface area contributed by atoms with E-state index in [4.69, 9.17) is 5.41 Å². The molecule has 1 aliphatic rings. The number of fused-ring (bicyclic) bond motifs is 1. The van der Waals surface area contributed by atoms with Crippen molar-refractivity contribution in [3.63, 3.8) is 0 Å². The van der Waals surface area contributed by atoms with E-state index in [2.05, 4.69) is 0 Å². The standard InChI is InChI=1S/C13H12N2O3/c14-8-9(16)4-3-7-15-12(17)10-5-1-2-6-11(10)13(15)18/h1-2,5-6,8,14H,3-4,7H2. The minimum Gasteiger partial charge on any atom is -0.305 e. The summed E-state index contributed by atoms with van der Waals surface area (Å²) in [6, 6.07) is 6.68. The van der Waals surface area contributed by atoms with Gasteiger partial charge >= 0.3 is 0 Å². The first kappa shape index (κ1) is 12.2. The number of hydrogen-bond acceptors (Lipinski definition) is 4. The largest absolute Gasteiger partial charge is 0.305 e. The lowest BCUT2D eigenvalue weighted by molar-refractivity contribution is -0.112. The SMILES string of the molecule is N=CC(=O)CCCN1C(=O)c2ccccc2C1=O. The molecule has 1 aromatic carbocycles. The van der Waals surface area contributed by atoms with Crippen molar-refractivity contribution in [2.45, 2.75) is 12.8 Å². The van der Waals surface area contributed by atoms with Gasteiger partial charge in [-0.15, -0.1) is 0 Å². The van der Waals surface area contributed by atoms with E-state index in [-0.39, 0.29) is 30.6 Å². The van der Waals surface area contributed by atoms with Crippen LogP contribution in [-0.2, 0) is 4.79 Å². The van der Waals surface area contributed by atoms with Gasteiger partial charge in [0.25, 0.3) is 11.8 Å². The fourth-order valence-electron chi connectivity index (χ4n) is 1.93. The highest BCUT2D eigenvalue weighted by atomic mass is 16.2. The number of nitrogens with zero attached hydrogens (tertiary/aromatic N) is 1. The number of carbonyl (C=O) groups excluding carboxylic acids is 3. The van der Waals surface area contributed by atoms with Crippen molar-refractivity contribution in [2.24, 2.45) is 0 Å². The molecular weight excluding hydrogens is 232 g/mol. The minimum atomic E-state index is -0.307. The number of carbonyl (C=O) groups is 3. The van der Waals surface area contributed by atoms with Gasteiger partial charge in [-0.25, -0.2) is 0 Å². The Morgan fingerprint density at radius 1 is 1.17 bits per heavy atom. The summed E-state index contributed by atoms with van der Waals surface area (Å²) >= 11 is 0. The highest BCUT2D eigenvalue weighted by Crippen LogP contribution is 2.22. The molecule has 0 unspecified atom stereocenters. The Labute approximate surface area is 104 Å². The molecule has 2 rings (SSSR count). The van der Waals surface area contributed by atoms with Crippen molar-refractivity contribution >= 4 is 23.8 Å². The van der Waals surface area contributed by atoms with E-state index in [1.165, 1.54) is 0 Å². The van der Waals surface area contributed by atoms with Crippen LogP contribution >= 0.6 is 0 Å². The zero-order valence-corrected chi connectivity index (χ0v) is 9.68. The van der Waals surface area contributed by atoms with E-state index in [0.29, 0.717) is 17.5 Å². The summed E-state index contributed by atoms with van der Waals surface area (Å²) in [4.78, 5) is 35.9. The molecule has 1 heterocycles. The summed E-state index contributed by atoms with van der Waals surface area (Å²) in [6.45, 7) is 0.214. The van der Waals surface area contributed by atoms with Crippen LogP contribution in [0.1, 0.15) is 33.6 Å². The quantitative estimate of drug-likeness (QED) is 0.626. The second kappa shape index (κ2) is 4.91. The van der Waals surface area contributed by atoms with Gasteiger partial charge in [0.15, 0.2) is 5.78 Å². The fraction of sp³-hybridized carbons (Fsp3) is 0.231. The Morgan fingerprint density at radius 2 is 1.72 bits per heavy atom. The lowest BCUT2D eigenvalue weighted by atomic mass is 10.1. The predicted molar refractivity (Wildman–Crippen MR) is 64.8 cm³/mol. The van der Waals surface area contributed by atoms with Crippen molar-refractivity contribution in [2.75, 3.05) is 6.54 Å². The van der Waals surface area contributed by atoms with Gasteiger partial charge in [-0.3, -0.25) is 19.3 Å². The highest BCUT2D eigenvalue weighted by molar-refractivity contribution is 6.26. The number of ketones is 1. The smallest absolute Gasteiger partial charge is 0.261 e. The third-order valence-electron chi connectivity index (χ3n) is 2.84. The molecule has 92 valence electrons. The second-order valence-corrected chi connectivity index (χ2v) is 4.02. The first-order valence-corrected chi connectivity index (χ1v) is 5.63. The van der Waals surface area contributed by atoms with Crippen molar-refractivity contribution in [3.8, 4) is 0 Å². The van der Waals surface area contributed by atoms with Gasteiger partial charge in [-0.2, -0.15) is 0 Å².